The van der Waals surface area contributed by atoms with E-state index in [0.717, 1.165) is 49.8 Å². The summed E-state index contributed by atoms with van der Waals surface area (Å²) in [4.78, 5) is 4.51. The standard InChI is InChI=1S/C25H27FN2O2/c1-29-24-12-11-21(17-25(24)30-19-20-7-3-2-4-8-20)18-27-13-15-28(16-14-27)23-10-6-5-9-22(23)26/h2-12,17H,13-16,18-19H2,1H3. The van der Waals surface area contributed by atoms with Crippen LogP contribution in [0.2, 0.25) is 0 Å². The third kappa shape index (κ3) is 4.92. The van der Waals surface area contributed by atoms with Crippen LogP contribution in [0.3, 0.4) is 0 Å². The predicted molar refractivity (Wildman–Crippen MR) is 118 cm³/mol. The Kier molecular flexibility index (Phi) is 6.50. The van der Waals surface area contributed by atoms with Gasteiger partial charge < -0.3 is 14.4 Å². The SMILES string of the molecule is COc1ccc(CN2CCN(c3ccccc3F)CC2)cc1OCc1ccccc1. The van der Waals surface area contributed by atoms with Crippen molar-refractivity contribution in [3.8, 4) is 11.5 Å². The second kappa shape index (κ2) is 9.63. The van der Waals surface area contributed by atoms with Crippen LogP contribution in [0.1, 0.15) is 11.1 Å². The molecule has 0 radical (unpaired) electrons. The molecule has 5 heteroatoms. The number of halogens is 1. The van der Waals surface area contributed by atoms with Crippen LogP contribution in [-0.2, 0) is 13.2 Å². The first-order valence-corrected chi connectivity index (χ1v) is 10.3. The fourth-order valence-electron chi connectivity index (χ4n) is 3.78. The van der Waals surface area contributed by atoms with Gasteiger partial charge in [-0.15, -0.1) is 0 Å². The highest BCUT2D eigenvalue weighted by molar-refractivity contribution is 5.48. The zero-order valence-corrected chi connectivity index (χ0v) is 17.3. The summed E-state index contributed by atoms with van der Waals surface area (Å²) in [5.74, 6) is 1.34. The number of piperazine rings is 1. The molecule has 0 spiro atoms. The molecule has 30 heavy (non-hydrogen) atoms. The Bertz CT molecular complexity index is 956. The molecule has 0 saturated carbocycles. The van der Waals surface area contributed by atoms with E-state index in [0.29, 0.717) is 12.3 Å². The maximum atomic E-state index is 14.0. The summed E-state index contributed by atoms with van der Waals surface area (Å²) >= 11 is 0. The van der Waals surface area contributed by atoms with E-state index >= 15 is 0 Å². The summed E-state index contributed by atoms with van der Waals surface area (Å²) in [6.07, 6.45) is 0. The summed E-state index contributed by atoms with van der Waals surface area (Å²) in [5.41, 5.74) is 2.99. The topological polar surface area (TPSA) is 24.9 Å². The Hall–Kier alpha value is -3.05. The third-order valence-corrected chi connectivity index (χ3v) is 5.44. The van der Waals surface area contributed by atoms with Crippen LogP contribution in [-0.4, -0.2) is 38.2 Å². The second-order valence-electron chi connectivity index (χ2n) is 7.47. The summed E-state index contributed by atoms with van der Waals surface area (Å²) in [7, 11) is 1.66. The van der Waals surface area contributed by atoms with Gasteiger partial charge in [-0.1, -0.05) is 48.5 Å². The van der Waals surface area contributed by atoms with Gasteiger partial charge in [-0.05, 0) is 35.4 Å². The Balaban J connectivity index is 1.37. The minimum Gasteiger partial charge on any atom is -0.493 e. The van der Waals surface area contributed by atoms with E-state index < -0.39 is 0 Å². The largest absolute Gasteiger partial charge is 0.493 e. The summed E-state index contributed by atoms with van der Waals surface area (Å²) in [5, 5.41) is 0. The Labute approximate surface area is 177 Å². The van der Waals surface area contributed by atoms with Gasteiger partial charge in [0.1, 0.15) is 12.4 Å². The average molecular weight is 407 g/mol. The molecular formula is C25H27FN2O2. The molecule has 156 valence electrons. The van der Waals surface area contributed by atoms with Gasteiger partial charge in [0.05, 0.1) is 12.8 Å². The molecule has 0 N–H and O–H groups in total. The van der Waals surface area contributed by atoms with Crippen molar-refractivity contribution in [2.24, 2.45) is 0 Å². The van der Waals surface area contributed by atoms with Gasteiger partial charge >= 0.3 is 0 Å². The first-order chi connectivity index (χ1) is 14.7. The van der Waals surface area contributed by atoms with Crippen LogP contribution < -0.4 is 14.4 Å². The lowest BCUT2D eigenvalue weighted by atomic mass is 10.1. The molecule has 0 aromatic heterocycles. The monoisotopic (exact) mass is 406 g/mol. The molecule has 0 unspecified atom stereocenters. The maximum Gasteiger partial charge on any atom is 0.161 e. The maximum absolute atomic E-state index is 14.0. The smallest absolute Gasteiger partial charge is 0.161 e. The van der Waals surface area contributed by atoms with Gasteiger partial charge in [0.15, 0.2) is 11.5 Å². The van der Waals surface area contributed by atoms with E-state index in [1.807, 2.05) is 48.5 Å². The first kappa shape index (κ1) is 20.2. The Morgan fingerprint density at radius 3 is 2.27 bits per heavy atom. The number of nitrogens with zero attached hydrogens (tertiary/aromatic N) is 2. The molecular weight excluding hydrogens is 379 g/mol. The molecule has 1 fully saturated rings. The van der Waals surface area contributed by atoms with Crippen LogP contribution in [0.25, 0.3) is 0 Å². The zero-order chi connectivity index (χ0) is 20.8. The summed E-state index contributed by atoms with van der Waals surface area (Å²) in [6, 6.07) is 23.2. The lowest BCUT2D eigenvalue weighted by molar-refractivity contribution is 0.247. The highest BCUT2D eigenvalue weighted by Gasteiger charge is 2.19. The number of benzene rings is 3. The number of rotatable bonds is 7. The van der Waals surface area contributed by atoms with E-state index in [9.17, 15) is 4.39 Å². The number of methoxy groups -OCH3 is 1. The van der Waals surface area contributed by atoms with Crippen LogP contribution in [0.5, 0.6) is 11.5 Å². The van der Waals surface area contributed by atoms with Crippen LogP contribution in [0.15, 0.2) is 72.8 Å². The van der Waals surface area contributed by atoms with Gasteiger partial charge in [0.2, 0.25) is 0 Å². The van der Waals surface area contributed by atoms with E-state index in [1.54, 1.807) is 13.2 Å². The zero-order valence-electron chi connectivity index (χ0n) is 17.3. The quantitative estimate of drug-likeness (QED) is 0.566. The molecule has 4 nitrogen and oxygen atoms in total. The fraction of sp³-hybridized carbons (Fsp3) is 0.280. The normalized spacial score (nSPS) is 14.5. The molecule has 0 bridgehead atoms. The predicted octanol–water partition coefficient (Wildman–Crippen LogP) is 4.74. The number of hydrogen-bond donors (Lipinski definition) is 0. The second-order valence-corrected chi connectivity index (χ2v) is 7.47. The minimum absolute atomic E-state index is 0.152. The lowest BCUT2D eigenvalue weighted by Crippen LogP contribution is -2.46. The highest BCUT2D eigenvalue weighted by Crippen LogP contribution is 2.30. The third-order valence-electron chi connectivity index (χ3n) is 5.44. The minimum atomic E-state index is -0.152. The Morgan fingerprint density at radius 2 is 1.53 bits per heavy atom. The molecule has 1 heterocycles. The molecule has 1 aliphatic rings. The molecule has 0 amide bonds. The average Bonchev–Trinajstić information content (AvgIpc) is 2.79. The fourth-order valence-corrected chi connectivity index (χ4v) is 3.78. The molecule has 1 saturated heterocycles. The van der Waals surface area contributed by atoms with Crippen LogP contribution in [0.4, 0.5) is 10.1 Å². The van der Waals surface area contributed by atoms with Gasteiger partial charge in [-0.25, -0.2) is 4.39 Å². The van der Waals surface area contributed by atoms with Gasteiger partial charge in [-0.3, -0.25) is 4.90 Å². The Morgan fingerprint density at radius 1 is 0.800 bits per heavy atom. The van der Waals surface area contributed by atoms with E-state index in [1.165, 1.54) is 11.6 Å². The van der Waals surface area contributed by atoms with Crippen molar-refractivity contribution in [1.29, 1.82) is 0 Å². The van der Waals surface area contributed by atoms with Crippen molar-refractivity contribution >= 4 is 5.69 Å². The first-order valence-electron chi connectivity index (χ1n) is 10.3. The van der Waals surface area contributed by atoms with E-state index in [2.05, 4.69) is 21.9 Å². The van der Waals surface area contributed by atoms with Crippen molar-refractivity contribution in [2.45, 2.75) is 13.2 Å². The highest BCUT2D eigenvalue weighted by atomic mass is 19.1. The number of ether oxygens (including phenoxy) is 2. The van der Waals surface area contributed by atoms with Gasteiger partial charge in [0.25, 0.3) is 0 Å². The number of para-hydroxylation sites is 1. The number of anilines is 1. The van der Waals surface area contributed by atoms with Crippen LogP contribution >= 0.6 is 0 Å². The molecule has 0 atom stereocenters. The van der Waals surface area contributed by atoms with Gasteiger partial charge in [0, 0.05) is 32.7 Å². The number of hydrogen-bond acceptors (Lipinski definition) is 4. The molecule has 0 aliphatic carbocycles. The molecule has 4 rings (SSSR count). The van der Waals surface area contributed by atoms with Crippen molar-refractivity contribution in [3.05, 3.63) is 89.7 Å². The molecule has 1 aliphatic heterocycles. The molecule has 3 aromatic rings. The van der Waals surface area contributed by atoms with Gasteiger partial charge in [-0.2, -0.15) is 0 Å². The van der Waals surface area contributed by atoms with Crippen molar-refractivity contribution in [3.63, 3.8) is 0 Å². The van der Waals surface area contributed by atoms with Crippen molar-refractivity contribution in [2.75, 3.05) is 38.2 Å². The van der Waals surface area contributed by atoms with Crippen LogP contribution in [0, 0.1) is 5.82 Å². The van der Waals surface area contributed by atoms with Crippen molar-refractivity contribution < 1.29 is 13.9 Å². The summed E-state index contributed by atoms with van der Waals surface area (Å²) in [6.45, 7) is 4.74. The van der Waals surface area contributed by atoms with E-state index in [4.69, 9.17) is 9.47 Å². The van der Waals surface area contributed by atoms with E-state index in [-0.39, 0.29) is 5.82 Å². The lowest BCUT2D eigenvalue weighted by Gasteiger charge is -2.36. The summed E-state index contributed by atoms with van der Waals surface area (Å²) < 4.78 is 25.6. The molecule has 3 aromatic carbocycles. The van der Waals surface area contributed by atoms with Crippen molar-refractivity contribution in [1.82, 2.24) is 4.90 Å².